The molecule has 0 saturated heterocycles. The molecule has 0 radical (unpaired) electrons. The maximum atomic E-state index is 13.9. The molecule has 1 heterocycles. The van der Waals surface area contributed by atoms with Crippen molar-refractivity contribution >= 4 is 11.6 Å². The van der Waals surface area contributed by atoms with E-state index in [2.05, 4.69) is 11.8 Å². The second kappa shape index (κ2) is 6.95. The molecule has 3 aromatic carbocycles. The summed E-state index contributed by atoms with van der Waals surface area (Å²) in [5.41, 5.74) is 1.16. The number of hydrogen-bond donors (Lipinski definition) is 1. The summed E-state index contributed by atoms with van der Waals surface area (Å²) in [6, 6.07) is 20.9. The third kappa shape index (κ3) is 3.17. The van der Waals surface area contributed by atoms with E-state index >= 15 is 0 Å². The lowest BCUT2D eigenvalue weighted by atomic mass is 9.95. The molecule has 4 rings (SSSR count). The van der Waals surface area contributed by atoms with Gasteiger partial charge < -0.3 is 10.0 Å². The molecule has 1 atom stereocenters. The van der Waals surface area contributed by atoms with E-state index in [0.29, 0.717) is 11.3 Å². The van der Waals surface area contributed by atoms with Crippen LogP contribution in [0, 0.1) is 24.6 Å². The summed E-state index contributed by atoms with van der Waals surface area (Å²) in [5.74, 6) is 4.48. The van der Waals surface area contributed by atoms with Crippen LogP contribution in [0.3, 0.4) is 0 Å². The van der Waals surface area contributed by atoms with Gasteiger partial charge in [-0.3, -0.25) is 4.79 Å². The molecule has 1 amide bonds. The number of hydrogen-bond acceptors (Lipinski definition) is 2. The van der Waals surface area contributed by atoms with E-state index in [1.54, 1.807) is 6.07 Å². The SMILES string of the molecule is Cc1cccc(C#C[C@@]2(O)C(=O)N(Cc3ccccc3)c3ccc(F)cc32)c1. The van der Waals surface area contributed by atoms with Crippen molar-refractivity contribution in [3.05, 3.63) is 101 Å². The Kier molecular flexibility index (Phi) is 4.46. The number of nitrogens with zero attached hydrogens (tertiary/aromatic N) is 1. The first-order chi connectivity index (χ1) is 13.5. The van der Waals surface area contributed by atoms with Crippen molar-refractivity contribution in [3.8, 4) is 11.8 Å². The average Bonchev–Trinajstić information content (AvgIpc) is 2.89. The van der Waals surface area contributed by atoms with Crippen LogP contribution in [0.2, 0.25) is 0 Å². The normalized spacial score (nSPS) is 17.8. The Hall–Kier alpha value is -3.42. The van der Waals surface area contributed by atoms with E-state index in [4.69, 9.17) is 0 Å². The molecule has 3 nitrogen and oxygen atoms in total. The molecule has 1 aliphatic rings. The summed E-state index contributed by atoms with van der Waals surface area (Å²) in [7, 11) is 0. The van der Waals surface area contributed by atoms with Gasteiger partial charge in [-0.2, -0.15) is 0 Å². The Labute approximate surface area is 163 Å². The fourth-order valence-corrected chi connectivity index (χ4v) is 3.38. The summed E-state index contributed by atoms with van der Waals surface area (Å²) < 4.78 is 13.9. The van der Waals surface area contributed by atoms with Crippen molar-refractivity contribution in [2.24, 2.45) is 0 Å². The van der Waals surface area contributed by atoms with Crippen LogP contribution >= 0.6 is 0 Å². The van der Waals surface area contributed by atoms with Crippen LogP contribution in [0.25, 0.3) is 0 Å². The molecule has 0 spiro atoms. The van der Waals surface area contributed by atoms with Crippen LogP contribution in [0.15, 0.2) is 72.8 Å². The van der Waals surface area contributed by atoms with Crippen LogP contribution in [0.5, 0.6) is 0 Å². The van der Waals surface area contributed by atoms with Gasteiger partial charge >= 0.3 is 0 Å². The number of benzene rings is 3. The molecule has 4 heteroatoms. The van der Waals surface area contributed by atoms with Gasteiger partial charge in [-0.05, 0) is 54.3 Å². The number of halogens is 1. The number of carbonyl (C=O) groups excluding carboxylic acids is 1. The highest BCUT2D eigenvalue weighted by Gasteiger charge is 2.49. The summed E-state index contributed by atoms with van der Waals surface area (Å²) in [6.07, 6.45) is 0. The molecule has 0 aromatic heterocycles. The number of rotatable bonds is 2. The fraction of sp³-hybridized carbons (Fsp3) is 0.125. The number of aliphatic hydroxyl groups is 1. The minimum absolute atomic E-state index is 0.175. The predicted octanol–water partition coefficient (Wildman–Crippen LogP) is 3.92. The van der Waals surface area contributed by atoms with E-state index in [0.717, 1.165) is 11.1 Å². The first-order valence-electron chi connectivity index (χ1n) is 8.95. The second-order valence-electron chi connectivity index (χ2n) is 6.87. The molecule has 0 fully saturated rings. The monoisotopic (exact) mass is 371 g/mol. The van der Waals surface area contributed by atoms with Crippen molar-refractivity contribution < 1.29 is 14.3 Å². The van der Waals surface area contributed by atoms with E-state index in [1.807, 2.05) is 55.5 Å². The van der Waals surface area contributed by atoms with Gasteiger partial charge in [0.05, 0.1) is 12.2 Å². The number of aryl methyl sites for hydroxylation is 1. The molecule has 0 bridgehead atoms. The Morgan fingerprint density at radius 2 is 1.82 bits per heavy atom. The maximum Gasteiger partial charge on any atom is 0.276 e. The van der Waals surface area contributed by atoms with Crippen molar-refractivity contribution in [1.82, 2.24) is 0 Å². The van der Waals surface area contributed by atoms with Crippen molar-refractivity contribution in [2.45, 2.75) is 19.1 Å². The molecular weight excluding hydrogens is 353 g/mol. The minimum Gasteiger partial charge on any atom is -0.366 e. The summed E-state index contributed by atoms with van der Waals surface area (Å²) in [6.45, 7) is 2.21. The van der Waals surface area contributed by atoms with Crippen LogP contribution < -0.4 is 4.90 Å². The van der Waals surface area contributed by atoms with E-state index in [-0.39, 0.29) is 12.1 Å². The molecule has 1 N–H and O–H groups in total. The fourth-order valence-electron chi connectivity index (χ4n) is 3.38. The summed E-state index contributed by atoms with van der Waals surface area (Å²) in [4.78, 5) is 14.6. The van der Waals surface area contributed by atoms with E-state index < -0.39 is 17.3 Å². The highest BCUT2D eigenvalue weighted by Crippen LogP contribution is 2.41. The Balaban J connectivity index is 1.78. The zero-order valence-electron chi connectivity index (χ0n) is 15.3. The van der Waals surface area contributed by atoms with Gasteiger partial charge in [0.2, 0.25) is 5.60 Å². The highest BCUT2D eigenvalue weighted by atomic mass is 19.1. The van der Waals surface area contributed by atoms with Gasteiger partial charge in [-0.1, -0.05) is 48.4 Å². The third-order valence-corrected chi connectivity index (χ3v) is 4.78. The lowest BCUT2D eigenvalue weighted by Gasteiger charge is -2.19. The van der Waals surface area contributed by atoms with Gasteiger partial charge in [-0.15, -0.1) is 0 Å². The third-order valence-electron chi connectivity index (χ3n) is 4.78. The molecule has 0 aliphatic carbocycles. The molecule has 1 aliphatic heterocycles. The second-order valence-corrected chi connectivity index (χ2v) is 6.87. The predicted molar refractivity (Wildman–Crippen MR) is 106 cm³/mol. The first kappa shape index (κ1) is 18.0. The molecule has 0 saturated carbocycles. The van der Waals surface area contributed by atoms with E-state index in [9.17, 15) is 14.3 Å². The summed E-state index contributed by atoms with van der Waals surface area (Å²) >= 11 is 0. The lowest BCUT2D eigenvalue weighted by molar-refractivity contribution is -0.130. The Bertz CT molecular complexity index is 1110. The Morgan fingerprint density at radius 1 is 1.04 bits per heavy atom. The highest BCUT2D eigenvalue weighted by molar-refractivity contribution is 6.09. The van der Waals surface area contributed by atoms with Gasteiger partial charge in [0.25, 0.3) is 5.91 Å². The van der Waals surface area contributed by atoms with Crippen molar-refractivity contribution in [2.75, 3.05) is 4.90 Å². The smallest absolute Gasteiger partial charge is 0.276 e. The zero-order valence-corrected chi connectivity index (χ0v) is 15.3. The van der Waals surface area contributed by atoms with Crippen LogP contribution in [-0.4, -0.2) is 11.0 Å². The summed E-state index contributed by atoms with van der Waals surface area (Å²) in [5, 5.41) is 11.2. The molecule has 0 unspecified atom stereocenters. The largest absolute Gasteiger partial charge is 0.366 e. The van der Waals surface area contributed by atoms with Gasteiger partial charge in [-0.25, -0.2) is 4.39 Å². The molecule has 138 valence electrons. The minimum atomic E-state index is -2.09. The lowest BCUT2D eigenvalue weighted by Crippen LogP contribution is -2.39. The van der Waals surface area contributed by atoms with Crippen molar-refractivity contribution in [3.63, 3.8) is 0 Å². The topological polar surface area (TPSA) is 40.5 Å². The maximum absolute atomic E-state index is 13.9. The molecule has 28 heavy (non-hydrogen) atoms. The number of anilines is 1. The van der Waals surface area contributed by atoms with E-state index in [1.165, 1.54) is 23.1 Å². The standard InChI is InChI=1S/C24H18FNO2/c1-17-6-5-9-18(14-17)12-13-24(28)21-15-20(25)10-11-22(21)26(23(24)27)16-19-7-3-2-4-8-19/h2-11,14-15,28H,16H2,1H3/t24-/m0/s1. The van der Waals surface area contributed by atoms with Crippen LogP contribution in [-0.2, 0) is 16.9 Å². The first-order valence-corrected chi connectivity index (χ1v) is 8.95. The van der Waals surface area contributed by atoms with Crippen LogP contribution in [0.1, 0.15) is 22.3 Å². The molecule has 3 aromatic rings. The van der Waals surface area contributed by atoms with Crippen molar-refractivity contribution in [1.29, 1.82) is 0 Å². The van der Waals surface area contributed by atoms with Gasteiger partial charge in [0.1, 0.15) is 5.82 Å². The number of fused-ring (bicyclic) bond motifs is 1. The zero-order chi connectivity index (χ0) is 19.7. The number of amides is 1. The number of carbonyl (C=O) groups is 1. The van der Waals surface area contributed by atoms with Crippen LogP contribution in [0.4, 0.5) is 10.1 Å². The molecular formula is C24H18FNO2. The average molecular weight is 371 g/mol. The van der Waals surface area contributed by atoms with Gasteiger partial charge in [0.15, 0.2) is 0 Å². The quantitative estimate of drug-likeness (QED) is 0.694. The Morgan fingerprint density at radius 3 is 2.57 bits per heavy atom. The van der Waals surface area contributed by atoms with Gasteiger partial charge in [0, 0.05) is 11.1 Å².